The average Bonchev–Trinajstić information content (AvgIpc) is 3.09. The van der Waals surface area contributed by atoms with E-state index in [2.05, 4.69) is 38.2 Å². The minimum Gasteiger partial charge on any atom is -0.462 e. The fraction of sp³-hybridized carbons (Fsp3) is 0.857. The highest BCUT2D eigenvalue weighted by Gasteiger charge is 2.27. The van der Waals surface area contributed by atoms with Crippen LogP contribution in [0, 0.1) is 0 Å². The van der Waals surface area contributed by atoms with E-state index < -0.39 is 26.5 Å². The summed E-state index contributed by atoms with van der Waals surface area (Å²) in [6, 6.07) is 0. The van der Waals surface area contributed by atoms with E-state index in [-0.39, 0.29) is 32.0 Å². The summed E-state index contributed by atoms with van der Waals surface area (Å²) in [5.74, 6) is -0.810. The second-order valence-electron chi connectivity index (χ2n) is 15.4. The van der Waals surface area contributed by atoms with Crippen LogP contribution in [0.3, 0.4) is 0 Å². The molecule has 0 bridgehead atoms. The Bertz CT molecular complexity index is 949. The molecule has 0 saturated heterocycles. The molecule has 0 aliphatic heterocycles. The SMILES string of the molecule is CCCCC/C=C\C/C=C\CCCCCCCC(=O)OC[C@H](COP(=O)(O)OCC[N+](C)(C)C)OC(=O)CCCCCCCCCCCCCCC. The third-order valence-electron chi connectivity index (χ3n) is 8.98. The van der Waals surface area contributed by atoms with Crippen molar-refractivity contribution in [1.29, 1.82) is 0 Å². The summed E-state index contributed by atoms with van der Waals surface area (Å²) in [5, 5.41) is 0. The molecule has 1 unspecified atom stereocenters. The number of carbonyl (C=O) groups is 2. The summed E-state index contributed by atoms with van der Waals surface area (Å²) in [5.41, 5.74) is 0. The Labute approximate surface area is 319 Å². The number of ether oxygens (including phenoxy) is 2. The number of hydrogen-bond acceptors (Lipinski definition) is 7. The summed E-state index contributed by atoms with van der Waals surface area (Å²) in [4.78, 5) is 35.3. The van der Waals surface area contributed by atoms with Gasteiger partial charge in [-0.2, -0.15) is 0 Å². The van der Waals surface area contributed by atoms with Crippen molar-refractivity contribution in [3.63, 3.8) is 0 Å². The second kappa shape index (κ2) is 35.2. The van der Waals surface area contributed by atoms with E-state index in [1.165, 1.54) is 89.9 Å². The molecule has 306 valence electrons. The van der Waals surface area contributed by atoms with Crippen LogP contribution in [0.25, 0.3) is 0 Å². The molecule has 2 atom stereocenters. The molecule has 9 nitrogen and oxygen atoms in total. The minimum atomic E-state index is -4.37. The molecule has 0 heterocycles. The monoisotopic (exact) mass is 759 g/mol. The molecule has 0 aromatic carbocycles. The van der Waals surface area contributed by atoms with Crippen LogP contribution in [0.4, 0.5) is 0 Å². The Balaban J connectivity index is 4.40. The molecule has 1 N–H and O–H groups in total. The number of nitrogens with zero attached hydrogens (tertiary/aromatic N) is 1. The molecule has 0 aliphatic rings. The van der Waals surface area contributed by atoms with Gasteiger partial charge in [-0.3, -0.25) is 18.6 Å². The summed E-state index contributed by atoms with van der Waals surface area (Å²) in [7, 11) is 1.47. The van der Waals surface area contributed by atoms with Crippen molar-refractivity contribution >= 4 is 19.8 Å². The predicted octanol–water partition coefficient (Wildman–Crippen LogP) is 11.6. The number of likely N-dealkylation sites (N-methyl/N-ethyl adjacent to an activating group) is 1. The quantitative estimate of drug-likeness (QED) is 0.0218. The van der Waals surface area contributed by atoms with Crippen LogP contribution < -0.4 is 0 Å². The topological polar surface area (TPSA) is 108 Å². The lowest BCUT2D eigenvalue weighted by Gasteiger charge is -2.24. The molecule has 0 aliphatic carbocycles. The normalized spacial score (nSPS) is 13.9. The second-order valence-corrected chi connectivity index (χ2v) is 16.8. The largest absolute Gasteiger partial charge is 0.472 e. The van der Waals surface area contributed by atoms with Crippen LogP contribution in [0.1, 0.15) is 181 Å². The Morgan fingerprint density at radius 2 is 1.04 bits per heavy atom. The zero-order valence-corrected chi connectivity index (χ0v) is 35.2. The maximum atomic E-state index is 12.6. The van der Waals surface area contributed by atoms with Gasteiger partial charge in [-0.05, 0) is 44.9 Å². The molecule has 10 heteroatoms. The van der Waals surface area contributed by atoms with Crippen LogP contribution in [0.15, 0.2) is 24.3 Å². The van der Waals surface area contributed by atoms with E-state index in [0.717, 1.165) is 57.8 Å². The lowest BCUT2D eigenvalue weighted by Crippen LogP contribution is -2.37. The molecule has 52 heavy (non-hydrogen) atoms. The summed E-state index contributed by atoms with van der Waals surface area (Å²) in [6.07, 6.45) is 36.4. The third-order valence-corrected chi connectivity index (χ3v) is 9.97. The van der Waals surface area contributed by atoms with Crippen molar-refractivity contribution in [1.82, 2.24) is 0 Å². The number of unbranched alkanes of at least 4 members (excludes halogenated alkanes) is 20. The Kier molecular flexibility index (Phi) is 34.2. The van der Waals surface area contributed by atoms with Crippen LogP contribution >= 0.6 is 7.82 Å². The first-order valence-corrected chi connectivity index (χ1v) is 22.6. The van der Waals surface area contributed by atoms with E-state index in [0.29, 0.717) is 17.4 Å². The highest BCUT2D eigenvalue weighted by molar-refractivity contribution is 7.47. The highest BCUT2D eigenvalue weighted by Crippen LogP contribution is 2.43. The van der Waals surface area contributed by atoms with Gasteiger partial charge in [-0.25, -0.2) is 4.57 Å². The van der Waals surface area contributed by atoms with Gasteiger partial charge in [-0.15, -0.1) is 0 Å². The number of rotatable bonds is 38. The highest BCUT2D eigenvalue weighted by atomic mass is 31.2. The third kappa shape index (κ3) is 38.2. The molecule has 0 aromatic rings. The molecular weight excluding hydrogens is 677 g/mol. The minimum absolute atomic E-state index is 0.0311. The van der Waals surface area contributed by atoms with Crippen LogP contribution in [-0.4, -0.2) is 74.9 Å². The molecule has 0 saturated carbocycles. The Morgan fingerprint density at radius 3 is 1.56 bits per heavy atom. The molecule has 0 rings (SSSR count). The van der Waals surface area contributed by atoms with Gasteiger partial charge in [0.1, 0.15) is 19.8 Å². The van der Waals surface area contributed by atoms with Crippen LogP contribution in [0.5, 0.6) is 0 Å². The molecule has 0 spiro atoms. The number of phosphoric ester groups is 1. The summed E-state index contributed by atoms with van der Waals surface area (Å²) < 4.78 is 34.2. The maximum absolute atomic E-state index is 12.6. The lowest BCUT2D eigenvalue weighted by molar-refractivity contribution is -0.870. The van der Waals surface area contributed by atoms with Crippen LogP contribution in [-0.2, 0) is 32.7 Å². The number of phosphoric acid groups is 1. The molecule has 0 aromatic heterocycles. The first-order valence-electron chi connectivity index (χ1n) is 21.1. The van der Waals surface area contributed by atoms with Crippen molar-refractivity contribution in [2.45, 2.75) is 187 Å². The smallest absolute Gasteiger partial charge is 0.462 e. The molecule has 0 amide bonds. The Hall–Kier alpha value is -1.51. The van der Waals surface area contributed by atoms with Gasteiger partial charge in [0.2, 0.25) is 0 Å². The zero-order valence-electron chi connectivity index (χ0n) is 34.3. The molecule has 0 fully saturated rings. The van der Waals surface area contributed by atoms with E-state index in [4.69, 9.17) is 18.5 Å². The van der Waals surface area contributed by atoms with E-state index in [1.54, 1.807) is 0 Å². The summed E-state index contributed by atoms with van der Waals surface area (Å²) >= 11 is 0. The average molecular weight is 759 g/mol. The van der Waals surface area contributed by atoms with Crippen LogP contribution in [0.2, 0.25) is 0 Å². The van der Waals surface area contributed by atoms with E-state index >= 15 is 0 Å². The fourth-order valence-electron chi connectivity index (χ4n) is 5.63. The van der Waals surface area contributed by atoms with Gasteiger partial charge < -0.3 is 18.9 Å². The van der Waals surface area contributed by atoms with Crippen molar-refractivity contribution in [3.05, 3.63) is 24.3 Å². The van der Waals surface area contributed by atoms with Gasteiger partial charge in [0.05, 0.1) is 27.7 Å². The van der Waals surface area contributed by atoms with E-state index in [9.17, 15) is 19.0 Å². The number of allylic oxidation sites excluding steroid dienone is 4. The van der Waals surface area contributed by atoms with Gasteiger partial charge in [0.15, 0.2) is 6.10 Å². The first kappa shape index (κ1) is 50.5. The van der Waals surface area contributed by atoms with Crippen molar-refractivity contribution in [2.75, 3.05) is 47.5 Å². The number of hydrogen-bond donors (Lipinski definition) is 1. The zero-order chi connectivity index (χ0) is 38.6. The standard InChI is InChI=1S/C42H80NO8P/c1-6-8-10-12-14-16-18-20-21-23-24-26-28-30-32-34-41(44)48-38-40(39-50-52(46,47)49-37-36-43(3,4)5)51-42(45)35-33-31-29-27-25-22-19-17-15-13-11-9-7-2/h14,16,20-21,40H,6-13,15,17-19,22-39H2,1-5H3/p+1/b16-14-,21-20-/t40-/m1/s1. The van der Waals surface area contributed by atoms with Crippen molar-refractivity contribution in [2.24, 2.45) is 0 Å². The van der Waals surface area contributed by atoms with Gasteiger partial charge in [-0.1, -0.05) is 147 Å². The van der Waals surface area contributed by atoms with Gasteiger partial charge >= 0.3 is 19.8 Å². The van der Waals surface area contributed by atoms with E-state index in [1.807, 2.05) is 21.1 Å². The first-order chi connectivity index (χ1) is 25.0. The van der Waals surface area contributed by atoms with Crippen molar-refractivity contribution in [3.8, 4) is 0 Å². The lowest BCUT2D eigenvalue weighted by atomic mass is 10.0. The fourth-order valence-corrected chi connectivity index (χ4v) is 6.37. The van der Waals surface area contributed by atoms with Gasteiger partial charge in [0, 0.05) is 12.8 Å². The van der Waals surface area contributed by atoms with Crippen molar-refractivity contribution < 1.29 is 42.1 Å². The summed E-state index contributed by atoms with van der Waals surface area (Å²) in [6.45, 7) is 4.38. The number of quaternary nitrogens is 1. The molecular formula is C42H81NO8P+. The number of esters is 2. The Morgan fingerprint density at radius 1 is 0.596 bits per heavy atom. The number of carbonyl (C=O) groups excluding carboxylic acids is 2. The predicted molar refractivity (Wildman–Crippen MR) is 215 cm³/mol. The maximum Gasteiger partial charge on any atom is 0.472 e. The molecule has 0 radical (unpaired) electrons. The van der Waals surface area contributed by atoms with Gasteiger partial charge in [0.25, 0.3) is 0 Å².